The number of likely N-dealkylation sites (tertiary alicyclic amines) is 1. The number of carboxylic acids is 1. The van der Waals surface area contributed by atoms with Gasteiger partial charge in [-0.25, -0.2) is 0 Å². The molecule has 1 heterocycles. The Morgan fingerprint density at radius 3 is 2.30 bits per heavy atom. The minimum absolute atomic E-state index is 0. The van der Waals surface area contributed by atoms with Gasteiger partial charge in [0, 0.05) is 12.6 Å². The molecule has 1 aromatic carbocycles. The SMILES string of the molecule is Cc1cc(C(C)(C)C)cc(C)c1CN1CCCC(N(C)CC(=O)O)CC1.Cl. The molecule has 1 atom stereocenters. The first-order valence-electron chi connectivity index (χ1n) is 9.83. The molecule has 0 spiro atoms. The Bertz CT molecular complexity index is 617. The quantitative estimate of drug-likeness (QED) is 0.801. The molecule has 0 radical (unpaired) electrons. The van der Waals surface area contributed by atoms with E-state index in [0.717, 1.165) is 38.9 Å². The van der Waals surface area contributed by atoms with E-state index < -0.39 is 5.97 Å². The van der Waals surface area contributed by atoms with Crippen LogP contribution in [-0.2, 0) is 16.8 Å². The Morgan fingerprint density at radius 2 is 1.78 bits per heavy atom. The minimum Gasteiger partial charge on any atom is -0.480 e. The molecule has 1 aliphatic heterocycles. The highest BCUT2D eigenvalue weighted by molar-refractivity contribution is 5.85. The summed E-state index contributed by atoms with van der Waals surface area (Å²) in [6, 6.07) is 5.08. The monoisotopic (exact) mass is 396 g/mol. The smallest absolute Gasteiger partial charge is 0.317 e. The van der Waals surface area contributed by atoms with Gasteiger partial charge in [-0.3, -0.25) is 14.6 Å². The number of carbonyl (C=O) groups is 1. The summed E-state index contributed by atoms with van der Waals surface area (Å²) in [5.41, 5.74) is 5.81. The second kappa shape index (κ2) is 9.90. The first-order chi connectivity index (χ1) is 12.1. The summed E-state index contributed by atoms with van der Waals surface area (Å²) >= 11 is 0. The van der Waals surface area contributed by atoms with E-state index in [1.807, 2.05) is 11.9 Å². The predicted molar refractivity (Wildman–Crippen MR) is 115 cm³/mol. The van der Waals surface area contributed by atoms with Crippen molar-refractivity contribution in [2.24, 2.45) is 0 Å². The first kappa shape index (κ1) is 23.9. The largest absolute Gasteiger partial charge is 0.480 e. The van der Waals surface area contributed by atoms with Crippen LogP contribution in [-0.4, -0.2) is 53.6 Å². The summed E-state index contributed by atoms with van der Waals surface area (Å²) in [6.45, 7) is 14.5. The van der Waals surface area contributed by atoms with Crippen LogP contribution in [0.4, 0.5) is 0 Å². The number of nitrogens with zero attached hydrogens (tertiary/aromatic N) is 2. The second-order valence-corrected chi connectivity index (χ2v) is 9.01. The highest BCUT2D eigenvalue weighted by Crippen LogP contribution is 2.28. The van der Waals surface area contributed by atoms with Crippen molar-refractivity contribution >= 4 is 18.4 Å². The van der Waals surface area contributed by atoms with Crippen molar-refractivity contribution in [2.75, 3.05) is 26.7 Å². The second-order valence-electron chi connectivity index (χ2n) is 9.01. The number of aryl methyl sites for hydroxylation is 2. The van der Waals surface area contributed by atoms with Gasteiger partial charge in [-0.1, -0.05) is 32.9 Å². The fourth-order valence-corrected chi connectivity index (χ4v) is 3.98. The third-order valence-corrected chi connectivity index (χ3v) is 5.74. The molecule has 154 valence electrons. The van der Waals surface area contributed by atoms with E-state index in [2.05, 4.69) is 51.7 Å². The summed E-state index contributed by atoms with van der Waals surface area (Å²) in [4.78, 5) is 15.5. The maximum Gasteiger partial charge on any atom is 0.317 e. The number of aliphatic carboxylic acids is 1. The molecule has 0 bridgehead atoms. The zero-order valence-corrected chi connectivity index (χ0v) is 18.7. The number of hydrogen-bond acceptors (Lipinski definition) is 3. The lowest BCUT2D eigenvalue weighted by molar-refractivity contribution is -0.138. The maximum atomic E-state index is 11.0. The molecule has 5 heteroatoms. The van der Waals surface area contributed by atoms with Gasteiger partial charge in [0.25, 0.3) is 0 Å². The van der Waals surface area contributed by atoms with Gasteiger partial charge in [0.1, 0.15) is 0 Å². The van der Waals surface area contributed by atoms with Crippen LogP contribution in [0, 0.1) is 13.8 Å². The average Bonchev–Trinajstić information content (AvgIpc) is 2.74. The van der Waals surface area contributed by atoms with Gasteiger partial charge >= 0.3 is 5.97 Å². The number of carboxylic acid groups (broad SMARTS) is 1. The Balaban J connectivity index is 0.00000364. The van der Waals surface area contributed by atoms with Gasteiger partial charge in [-0.05, 0) is 80.9 Å². The van der Waals surface area contributed by atoms with Crippen molar-refractivity contribution in [3.63, 3.8) is 0 Å². The van der Waals surface area contributed by atoms with E-state index in [1.165, 1.54) is 22.3 Å². The molecule has 0 aliphatic carbocycles. The molecule has 0 aromatic heterocycles. The molecule has 1 aliphatic rings. The van der Waals surface area contributed by atoms with E-state index in [-0.39, 0.29) is 24.4 Å². The summed E-state index contributed by atoms with van der Waals surface area (Å²) in [5, 5.41) is 9.02. The zero-order chi connectivity index (χ0) is 19.5. The molecule has 4 nitrogen and oxygen atoms in total. The number of rotatable bonds is 5. The molecular weight excluding hydrogens is 360 g/mol. The third-order valence-electron chi connectivity index (χ3n) is 5.74. The highest BCUT2D eigenvalue weighted by atomic mass is 35.5. The van der Waals surface area contributed by atoms with Crippen molar-refractivity contribution in [3.8, 4) is 0 Å². The molecule has 0 amide bonds. The fraction of sp³-hybridized carbons (Fsp3) is 0.682. The van der Waals surface area contributed by atoms with Crippen LogP contribution in [0.1, 0.15) is 62.3 Å². The normalized spacial score (nSPS) is 18.9. The molecule has 1 saturated heterocycles. The number of benzene rings is 1. The van der Waals surface area contributed by atoms with Gasteiger partial charge in [-0.15, -0.1) is 12.4 Å². The van der Waals surface area contributed by atoms with Crippen LogP contribution in [0.5, 0.6) is 0 Å². The highest BCUT2D eigenvalue weighted by Gasteiger charge is 2.23. The van der Waals surface area contributed by atoms with Gasteiger partial charge < -0.3 is 5.11 Å². The first-order valence-corrected chi connectivity index (χ1v) is 9.83. The zero-order valence-electron chi connectivity index (χ0n) is 17.8. The molecular formula is C22H37ClN2O2. The Hall–Kier alpha value is -1.10. The minimum atomic E-state index is -0.737. The predicted octanol–water partition coefficient (Wildman–Crippen LogP) is 4.39. The molecule has 0 saturated carbocycles. The van der Waals surface area contributed by atoms with Crippen LogP contribution < -0.4 is 0 Å². The van der Waals surface area contributed by atoms with Crippen LogP contribution in [0.15, 0.2) is 12.1 Å². The summed E-state index contributed by atoms with van der Waals surface area (Å²) in [6.07, 6.45) is 3.26. The standard InChI is InChI=1S/C22H36N2O2.ClH/c1-16-12-18(22(3,4)5)13-17(2)20(16)14-24-10-7-8-19(9-11-24)23(6)15-21(25)26;/h12-13,19H,7-11,14-15H2,1-6H3,(H,25,26);1H. The lowest BCUT2D eigenvalue weighted by Gasteiger charge is -2.27. The molecule has 1 N–H and O–H groups in total. The lowest BCUT2D eigenvalue weighted by Crippen LogP contribution is -2.36. The van der Waals surface area contributed by atoms with E-state index >= 15 is 0 Å². The third kappa shape index (κ3) is 6.78. The fourth-order valence-electron chi connectivity index (χ4n) is 3.98. The summed E-state index contributed by atoms with van der Waals surface area (Å²) < 4.78 is 0. The van der Waals surface area contributed by atoms with Crippen molar-refractivity contribution in [1.29, 1.82) is 0 Å². The van der Waals surface area contributed by atoms with Crippen LogP contribution >= 0.6 is 12.4 Å². The van der Waals surface area contributed by atoms with E-state index in [0.29, 0.717) is 6.04 Å². The Kier molecular flexibility index (Phi) is 8.78. The Labute approximate surface area is 171 Å². The van der Waals surface area contributed by atoms with Crippen molar-refractivity contribution in [2.45, 2.75) is 71.9 Å². The van der Waals surface area contributed by atoms with Gasteiger partial charge in [0.05, 0.1) is 6.54 Å². The van der Waals surface area contributed by atoms with E-state index in [9.17, 15) is 4.79 Å². The van der Waals surface area contributed by atoms with E-state index in [1.54, 1.807) is 0 Å². The molecule has 1 aromatic rings. The maximum absolute atomic E-state index is 11.0. The van der Waals surface area contributed by atoms with Crippen molar-refractivity contribution in [1.82, 2.24) is 9.80 Å². The lowest BCUT2D eigenvalue weighted by atomic mass is 9.83. The molecule has 1 fully saturated rings. The number of likely N-dealkylation sites (N-methyl/N-ethyl adjacent to an activating group) is 1. The van der Waals surface area contributed by atoms with Gasteiger partial charge in [-0.2, -0.15) is 0 Å². The van der Waals surface area contributed by atoms with Crippen LogP contribution in [0.2, 0.25) is 0 Å². The molecule has 1 unspecified atom stereocenters. The number of halogens is 1. The molecule has 2 rings (SSSR count). The Morgan fingerprint density at radius 1 is 1.19 bits per heavy atom. The number of hydrogen-bond donors (Lipinski definition) is 1. The topological polar surface area (TPSA) is 43.8 Å². The van der Waals surface area contributed by atoms with Crippen molar-refractivity contribution in [3.05, 3.63) is 34.4 Å². The van der Waals surface area contributed by atoms with Crippen LogP contribution in [0.25, 0.3) is 0 Å². The summed E-state index contributed by atoms with van der Waals surface area (Å²) in [5.74, 6) is -0.737. The van der Waals surface area contributed by atoms with Gasteiger partial charge in [0.15, 0.2) is 0 Å². The average molecular weight is 397 g/mol. The van der Waals surface area contributed by atoms with Crippen molar-refractivity contribution < 1.29 is 9.90 Å². The van der Waals surface area contributed by atoms with Crippen LogP contribution in [0.3, 0.4) is 0 Å². The summed E-state index contributed by atoms with van der Waals surface area (Å²) in [7, 11) is 1.94. The van der Waals surface area contributed by atoms with E-state index in [4.69, 9.17) is 5.11 Å². The van der Waals surface area contributed by atoms with Gasteiger partial charge in [0.2, 0.25) is 0 Å². The molecule has 27 heavy (non-hydrogen) atoms.